The highest BCUT2D eigenvalue weighted by molar-refractivity contribution is 5.26. The molecule has 2 fully saturated rings. The Balaban J connectivity index is 1.37. The maximum atomic E-state index is 2.42. The Kier molecular flexibility index (Phi) is 4.74. The van der Waals surface area contributed by atoms with Gasteiger partial charge in [-0.2, -0.15) is 0 Å². The van der Waals surface area contributed by atoms with Gasteiger partial charge >= 0.3 is 0 Å². The predicted molar refractivity (Wildman–Crippen MR) is 102 cm³/mol. The Labute approximate surface area is 147 Å². The second-order valence-corrected chi connectivity index (χ2v) is 8.31. The molecule has 0 bridgehead atoms. The number of benzene rings is 2. The molecule has 0 N–H and O–H groups in total. The first-order valence-electron chi connectivity index (χ1n) is 9.88. The van der Waals surface area contributed by atoms with E-state index in [-0.39, 0.29) is 0 Å². The van der Waals surface area contributed by atoms with E-state index in [2.05, 4.69) is 61.5 Å². The van der Waals surface area contributed by atoms with Crippen molar-refractivity contribution in [3.63, 3.8) is 0 Å². The monoisotopic (exact) mass is 318 g/mol. The summed E-state index contributed by atoms with van der Waals surface area (Å²) in [4.78, 5) is 0. The molecule has 2 aromatic rings. The molecule has 4 atom stereocenters. The number of aryl methyl sites for hydroxylation is 1. The molecule has 0 radical (unpaired) electrons. The Morgan fingerprint density at radius 3 is 2.42 bits per heavy atom. The molecule has 126 valence electrons. The molecule has 2 aliphatic carbocycles. The maximum Gasteiger partial charge on any atom is -0.0159 e. The highest BCUT2D eigenvalue weighted by atomic mass is 14.4. The lowest BCUT2D eigenvalue weighted by molar-refractivity contribution is 0.118. The fraction of sp³-hybridized carbons (Fsp3) is 0.500. The van der Waals surface area contributed by atoms with Gasteiger partial charge in [0.2, 0.25) is 0 Å². The summed E-state index contributed by atoms with van der Waals surface area (Å²) in [5, 5.41) is 0. The Morgan fingerprint density at radius 1 is 0.792 bits per heavy atom. The number of fused-ring (bicyclic) bond motifs is 1. The lowest BCUT2D eigenvalue weighted by atomic mass is 9.63. The minimum atomic E-state index is 0.817. The minimum absolute atomic E-state index is 0.817. The van der Waals surface area contributed by atoms with Crippen LogP contribution in [-0.4, -0.2) is 0 Å². The summed E-state index contributed by atoms with van der Waals surface area (Å²) in [5.41, 5.74) is 4.55. The number of rotatable bonds is 3. The summed E-state index contributed by atoms with van der Waals surface area (Å²) >= 11 is 0. The number of hydrogen-bond acceptors (Lipinski definition) is 0. The highest BCUT2D eigenvalue weighted by Gasteiger charge is 2.35. The summed E-state index contributed by atoms with van der Waals surface area (Å²) in [5.74, 6) is 3.71. The summed E-state index contributed by atoms with van der Waals surface area (Å²) in [7, 11) is 0. The van der Waals surface area contributed by atoms with Gasteiger partial charge in [0.05, 0.1) is 0 Å². The first kappa shape index (κ1) is 15.9. The Bertz CT molecular complexity index is 657. The second-order valence-electron chi connectivity index (χ2n) is 8.31. The van der Waals surface area contributed by atoms with Crippen LogP contribution < -0.4 is 0 Å². The molecule has 2 saturated carbocycles. The van der Waals surface area contributed by atoms with Gasteiger partial charge in [0.15, 0.2) is 0 Å². The van der Waals surface area contributed by atoms with Crippen molar-refractivity contribution >= 4 is 0 Å². The van der Waals surface area contributed by atoms with Crippen LogP contribution in [0.2, 0.25) is 0 Å². The highest BCUT2D eigenvalue weighted by Crippen LogP contribution is 2.48. The average Bonchev–Trinajstić information content (AvgIpc) is 2.62. The van der Waals surface area contributed by atoms with Crippen LogP contribution in [0.5, 0.6) is 0 Å². The molecule has 0 heterocycles. The van der Waals surface area contributed by atoms with Gasteiger partial charge in [-0.3, -0.25) is 0 Å². The standard InChI is InChI=1S/C24H30/c1-18-6-5-9-21(14-18)24-13-12-22-16-20(10-11-23(22)17-24)15-19-7-3-2-4-8-19/h2-9,14,20,22-24H,10-13,15-17H2,1H3. The van der Waals surface area contributed by atoms with Gasteiger partial charge in [-0.1, -0.05) is 60.2 Å². The van der Waals surface area contributed by atoms with Crippen LogP contribution in [-0.2, 0) is 6.42 Å². The molecule has 2 aliphatic rings. The molecular formula is C24H30. The molecular weight excluding hydrogens is 288 g/mol. The largest absolute Gasteiger partial charge is 0.0622 e. The van der Waals surface area contributed by atoms with Crippen molar-refractivity contribution < 1.29 is 0 Å². The van der Waals surface area contributed by atoms with Gasteiger partial charge in [0.25, 0.3) is 0 Å². The Hall–Kier alpha value is -1.56. The molecule has 0 amide bonds. The smallest absolute Gasteiger partial charge is 0.0159 e. The first-order chi connectivity index (χ1) is 11.8. The molecule has 2 aromatic carbocycles. The van der Waals surface area contributed by atoms with E-state index in [4.69, 9.17) is 0 Å². The zero-order chi connectivity index (χ0) is 16.4. The summed E-state index contributed by atoms with van der Waals surface area (Å²) in [6.45, 7) is 2.23. The van der Waals surface area contributed by atoms with Crippen LogP contribution in [0.15, 0.2) is 54.6 Å². The van der Waals surface area contributed by atoms with E-state index in [0.29, 0.717) is 0 Å². The van der Waals surface area contributed by atoms with E-state index in [1.807, 2.05) is 0 Å². The normalized spacial score (nSPS) is 29.9. The van der Waals surface area contributed by atoms with Crippen LogP contribution >= 0.6 is 0 Å². The van der Waals surface area contributed by atoms with Crippen molar-refractivity contribution in [2.24, 2.45) is 17.8 Å². The molecule has 0 aromatic heterocycles. The van der Waals surface area contributed by atoms with Crippen molar-refractivity contribution in [1.29, 1.82) is 0 Å². The van der Waals surface area contributed by atoms with Crippen molar-refractivity contribution in [1.82, 2.24) is 0 Å². The molecule has 24 heavy (non-hydrogen) atoms. The second kappa shape index (κ2) is 7.13. The quantitative estimate of drug-likeness (QED) is 0.603. The fourth-order valence-electron chi connectivity index (χ4n) is 5.35. The van der Waals surface area contributed by atoms with Gasteiger partial charge in [-0.05, 0) is 86.7 Å². The third-order valence-electron chi connectivity index (χ3n) is 6.60. The fourth-order valence-corrected chi connectivity index (χ4v) is 5.35. The summed E-state index contributed by atoms with van der Waals surface area (Å²) in [6, 6.07) is 20.4. The van der Waals surface area contributed by atoms with Crippen LogP contribution in [0.25, 0.3) is 0 Å². The van der Waals surface area contributed by atoms with Gasteiger partial charge in [-0.15, -0.1) is 0 Å². The van der Waals surface area contributed by atoms with Crippen molar-refractivity contribution in [3.05, 3.63) is 71.3 Å². The SMILES string of the molecule is Cc1cccc(C2CCC3CC(Cc4ccccc4)CCC3C2)c1. The van der Waals surface area contributed by atoms with Crippen LogP contribution in [0.1, 0.15) is 61.1 Å². The third kappa shape index (κ3) is 3.58. The molecule has 0 spiro atoms. The molecule has 0 nitrogen and oxygen atoms in total. The summed E-state index contributed by atoms with van der Waals surface area (Å²) < 4.78 is 0. The van der Waals surface area contributed by atoms with Crippen LogP contribution in [0.4, 0.5) is 0 Å². The van der Waals surface area contributed by atoms with Crippen LogP contribution in [0.3, 0.4) is 0 Å². The molecule has 0 aliphatic heterocycles. The zero-order valence-corrected chi connectivity index (χ0v) is 15.0. The first-order valence-corrected chi connectivity index (χ1v) is 9.88. The van der Waals surface area contributed by atoms with Crippen molar-refractivity contribution in [3.8, 4) is 0 Å². The van der Waals surface area contributed by atoms with E-state index in [0.717, 1.165) is 23.7 Å². The van der Waals surface area contributed by atoms with Crippen LogP contribution in [0, 0.1) is 24.7 Å². The van der Waals surface area contributed by atoms with Gasteiger partial charge in [-0.25, -0.2) is 0 Å². The van der Waals surface area contributed by atoms with E-state index in [9.17, 15) is 0 Å². The third-order valence-corrected chi connectivity index (χ3v) is 6.60. The van der Waals surface area contributed by atoms with Crippen molar-refractivity contribution in [2.45, 2.75) is 57.8 Å². The average molecular weight is 319 g/mol. The Morgan fingerprint density at radius 2 is 1.58 bits per heavy atom. The van der Waals surface area contributed by atoms with E-state index >= 15 is 0 Å². The van der Waals surface area contributed by atoms with Gasteiger partial charge < -0.3 is 0 Å². The number of hydrogen-bond donors (Lipinski definition) is 0. The van der Waals surface area contributed by atoms with Gasteiger partial charge in [0.1, 0.15) is 0 Å². The predicted octanol–water partition coefficient (Wildman–Crippen LogP) is 6.54. The van der Waals surface area contributed by atoms with Gasteiger partial charge in [0, 0.05) is 0 Å². The minimum Gasteiger partial charge on any atom is -0.0622 e. The van der Waals surface area contributed by atoms with E-state index in [1.54, 1.807) is 5.56 Å². The molecule has 4 rings (SSSR count). The zero-order valence-electron chi connectivity index (χ0n) is 15.0. The van der Waals surface area contributed by atoms with Crippen molar-refractivity contribution in [2.75, 3.05) is 0 Å². The summed E-state index contributed by atoms with van der Waals surface area (Å²) in [6.07, 6.45) is 9.97. The topological polar surface area (TPSA) is 0 Å². The van der Waals surface area contributed by atoms with E-state index < -0.39 is 0 Å². The lowest BCUT2D eigenvalue weighted by Gasteiger charge is -2.42. The maximum absolute atomic E-state index is 2.42. The molecule has 0 saturated heterocycles. The molecule has 4 unspecified atom stereocenters. The molecule has 0 heteroatoms. The lowest BCUT2D eigenvalue weighted by Crippen LogP contribution is -2.31. The van der Waals surface area contributed by atoms with E-state index in [1.165, 1.54) is 56.1 Å².